The number of thiocarbonyl (C=S) groups is 1. The predicted octanol–water partition coefficient (Wildman–Crippen LogP) is 5.08. The fourth-order valence-corrected chi connectivity index (χ4v) is 6.04. The van der Waals surface area contributed by atoms with Gasteiger partial charge in [-0.25, -0.2) is 0 Å². The Morgan fingerprint density at radius 1 is 1.17 bits per heavy atom. The number of carbonyl (C=O) groups is 1. The van der Waals surface area contributed by atoms with E-state index < -0.39 is 11.7 Å². The largest absolute Gasteiger partial charge is 0.492 e. The monoisotopic (exact) mass is 638 g/mol. The fraction of sp³-hybridized carbons (Fsp3) is 0.370. The second kappa shape index (κ2) is 13.5. The van der Waals surface area contributed by atoms with Crippen LogP contribution in [-0.2, 0) is 22.1 Å². The van der Waals surface area contributed by atoms with Gasteiger partial charge in [-0.05, 0) is 48.4 Å². The summed E-state index contributed by atoms with van der Waals surface area (Å²) >= 11 is 13.0. The predicted molar refractivity (Wildman–Crippen MR) is 157 cm³/mol. The molecule has 2 aromatic carbocycles. The Labute approximate surface area is 254 Å². The number of tetrazole rings is 1. The van der Waals surface area contributed by atoms with Crippen molar-refractivity contribution in [3.05, 3.63) is 63.3 Å². The molecule has 9 nitrogen and oxygen atoms in total. The van der Waals surface area contributed by atoms with Crippen LogP contribution in [0.3, 0.4) is 0 Å². The first-order valence-electron chi connectivity index (χ1n) is 13.1. The highest BCUT2D eigenvalue weighted by molar-refractivity contribution is 8.26. The zero-order valence-corrected chi connectivity index (χ0v) is 24.6. The van der Waals surface area contributed by atoms with Crippen LogP contribution < -0.4 is 4.74 Å². The number of alkyl halides is 3. The molecule has 2 aliphatic heterocycles. The van der Waals surface area contributed by atoms with Crippen LogP contribution in [-0.4, -0.2) is 86.7 Å². The summed E-state index contributed by atoms with van der Waals surface area (Å²) in [6.45, 7) is 4.35. The van der Waals surface area contributed by atoms with Gasteiger partial charge in [0.05, 0.1) is 23.7 Å². The average molecular weight is 639 g/mol. The van der Waals surface area contributed by atoms with Crippen molar-refractivity contribution in [3.8, 4) is 16.9 Å². The molecule has 5 rings (SSSR count). The first kappa shape index (κ1) is 30.4. The van der Waals surface area contributed by atoms with Crippen molar-refractivity contribution in [2.45, 2.75) is 19.0 Å². The number of morpholine rings is 1. The summed E-state index contributed by atoms with van der Waals surface area (Å²) in [4.78, 5) is 17.4. The van der Waals surface area contributed by atoms with Crippen LogP contribution in [0.15, 0.2) is 41.3 Å². The number of carbonyl (C=O) groups excluding carboxylic acids is 1. The Morgan fingerprint density at radius 2 is 1.98 bits per heavy atom. The smallest absolute Gasteiger partial charge is 0.416 e. The van der Waals surface area contributed by atoms with E-state index in [4.69, 9.17) is 33.3 Å². The molecule has 222 valence electrons. The number of benzene rings is 2. The van der Waals surface area contributed by atoms with Crippen molar-refractivity contribution < 1.29 is 27.4 Å². The normalized spacial score (nSPS) is 17.4. The lowest BCUT2D eigenvalue weighted by atomic mass is 9.99. The van der Waals surface area contributed by atoms with Crippen LogP contribution in [0.25, 0.3) is 17.2 Å². The molecular formula is C27H26ClF3N6O3S2. The number of thioether (sulfide) groups is 1. The maximum Gasteiger partial charge on any atom is 0.416 e. The highest BCUT2D eigenvalue weighted by atomic mass is 35.5. The number of hydrogen-bond acceptors (Lipinski definition) is 9. The molecule has 0 saturated carbocycles. The van der Waals surface area contributed by atoms with Crippen LogP contribution >= 0.6 is 35.6 Å². The summed E-state index contributed by atoms with van der Waals surface area (Å²) in [6.07, 6.45) is -1.76. The van der Waals surface area contributed by atoms with E-state index in [0.29, 0.717) is 77.7 Å². The Balaban J connectivity index is 1.40. The van der Waals surface area contributed by atoms with Gasteiger partial charge in [0.25, 0.3) is 5.91 Å². The van der Waals surface area contributed by atoms with E-state index in [1.165, 1.54) is 11.0 Å². The van der Waals surface area contributed by atoms with E-state index in [1.54, 1.807) is 24.3 Å². The summed E-state index contributed by atoms with van der Waals surface area (Å²) < 4.78 is 52.3. The standard InChI is InChI=1S/C27H26ClF3N6O3S2/c28-21-5-4-19(27(29,30)31)16-20(21)17-3-6-22(40-13-10-36-8-11-39-12-9-36)18(14-17)15-23-25(38)37(26(41)42-23)7-1-2-24-32-34-35-33-24/h3-6,14-16H,1-2,7-13H2,(H,32,33,34,35)/b23-15-. The van der Waals surface area contributed by atoms with Gasteiger partial charge >= 0.3 is 6.18 Å². The van der Waals surface area contributed by atoms with Gasteiger partial charge in [0.2, 0.25) is 0 Å². The Morgan fingerprint density at radius 3 is 2.71 bits per heavy atom. The molecule has 2 fully saturated rings. The first-order chi connectivity index (χ1) is 20.2. The lowest BCUT2D eigenvalue weighted by Gasteiger charge is -2.26. The number of H-pyrrole nitrogens is 1. The zero-order chi connectivity index (χ0) is 29.7. The number of halogens is 4. The second-order valence-electron chi connectivity index (χ2n) is 9.51. The minimum Gasteiger partial charge on any atom is -0.492 e. The van der Waals surface area contributed by atoms with Crippen molar-refractivity contribution in [1.82, 2.24) is 30.4 Å². The lowest BCUT2D eigenvalue weighted by Crippen LogP contribution is -2.38. The Kier molecular flexibility index (Phi) is 9.78. The molecule has 3 aromatic rings. The van der Waals surface area contributed by atoms with E-state index in [2.05, 4.69) is 25.5 Å². The summed E-state index contributed by atoms with van der Waals surface area (Å²) in [6, 6.07) is 8.21. The molecular weight excluding hydrogens is 613 g/mol. The summed E-state index contributed by atoms with van der Waals surface area (Å²) in [5.74, 6) is 0.761. The molecule has 0 bridgehead atoms. The van der Waals surface area contributed by atoms with E-state index in [1.807, 2.05) is 0 Å². The minimum absolute atomic E-state index is 0.169. The number of aryl methyl sites for hydroxylation is 1. The molecule has 0 atom stereocenters. The van der Waals surface area contributed by atoms with Crippen molar-refractivity contribution in [3.63, 3.8) is 0 Å². The highest BCUT2D eigenvalue weighted by Gasteiger charge is 2.33. The molecule has 0 aliphatic carbocycles. The fourth-order valence-electron chi connectivity index (χ4n) is 4.51. The molecule has 15 heteroatoms. The number of amides is 1. The summed E-state index contributed by atoms with van der Waals surface area (Å²) in [5, 5.41) is 13.9. The van der Waals surface area contributed by atoms with Crippen LogP contribution in [0.2, 0.25) is 5.02 Å². The zero-order valence-electron chi connectivity index (χ0n) is 22.2. The SMILES string of the molecule is O=C1/C(=C/c2cc(-c3cc(C(F)(F)F)ccc3Cl)ccc2OCCN2CCOCC2)SC(=S)N1CCCc1nn[nH]n1. The molecule has 1 aromatic heterocycles. The average Bonchev–Trinajstić information content (AvgIpc) is 3.58. The maximum atomic E-state index is 13.5. The molecule has 2 saturated heterocycles. The number of ether oxygens (including phenoxy) is 2. The van der Waals surface area contributed by atoms with Crippen LogP contribution in [0, 0.1) is 0 Å². The maximum absolute atomic E-state index is 13.5. The Hall–Kier alpha value is -3.04. The van der Waals surface area contributed by atoms with Gasteiger partial charge in [-0.2, -0.15) is 18.4 Å². The summed E-state index contributed by atoms with van der Waals surface area (Å²) in [5.41, 5.74) is 0.384. The molecule has 0 unspecified atom stereocenters. The molecule has 3 heterocycles. The van der Waals surface area contributed by atoms with Crippen LogP contribution in [0.1, 0.15) is 23.4 Å². The quantitative estimate of drug-likeness (QED) is 0.241. The van der Waals surface area contributed by atoms with E-state index in [-0.39, 0.29) is 16.5 Å². The van der Waals surface area contributed by atoms with Crippen molar-refractivity contribution >= 4 is 51.9 Å². The number of nitrogens with one attached hydrogen (secondary N) is 1. The third-order valence-corrected chi connectivity index (χ3v) is 8.42. The van der Waals surface area contributed by atoms with Crippen molar-refractivity contribution in [2.75, 3.05) is 46.0 Å². The number of hydrogen-bond donors (Lipinski definition) is 1. The first-order valence-corrected chi connectivity index (χ1v) is 14.7. The third-order valence-electron chi connectivity index (χ3n) is 6.71. The van der Waals surface area contributed by atoms with Gasteiger partial charge in [-0.15, -0.1) is 10.2 Å². The molecule has 0 radical (unpaired) electrons. The van der Waals surface area contributed by atoms with Crippen LogP contribution in [0.5, 0.6) is 5.75 Å². The second-order valence-corrected chi connectivity index (χ2v) is 11.6. The van der Waals surface area contributed by atoms with E-state index >= 15 is 0 Å². The molecule has 2 aliphatic rings. The molecule has 42 heavy (non-hydrogen) atoms. The van der Waals surface area contributed by atoms with Gasteiger partial charge < -0.3 is 9.47 Å². The topological polar surface area (TPSA) is 96.5 Å². The molecule has 1 amide bonds. The van der Waals surface area contributed by atoms with Crippen molar-refractivity contribution in [1.29, 1.82) is 0 Å². The van der Waals surface area contributed by atoms with Crippen LogP contribution in [0.4, 0.5) is 13.2 Å². The minimum atomic E-state index is -4.53. The van der Waals surface area contributed by atoms with Gasteiger partial charge in [0.1, 0.15) is 16.7 Å². The van der Waals surface area contributed by atoms with Crippen molar-refractivity contribution in [2.24, 2.45) is 0 Å². The number of aromatic nitrogens is 4. The lowest BCUT2D eigenvalue weighted by molar-refractivity contribution is -0.137. The van der Waals surface area contributed by atoms with Gasteiger partial charge in [-0.1, -0.05) is 46.9 Å². The molecule has 0 spiro atoms. The molecule has 1 N–H and O–H groups in total. The third kappa shape index (κ3) is 7.48. The van der Waals surface area contributed by atoms with Gasteiger partial charge in [0.15, 0.2) is 5.82 Å². The van der Waals surface area contributed by atoms with E-state index in [9.17, 15) is 18.0 Å². The number of rotatable bonds is 10. The van der Waals surface area contributed by atoms with Gasteiger partial charge in [0, 0.05) is 48.7 Å². The number of aromatic amines is 1. The van der Waals surface area contributed by atoms with Gasteiger partial charge in [-0.3, -0.25) is 14.6 Å². The highest BCUT2D eigenvalue weighted by Crippen LogP contribution is 2.39. The number of nitrogens with zero attached hydrogens (tertiary/aromatic N) is 5. The van der Waals surface area contributed by atoms with E-state index in [0.717, 1.165) is 37.0 Å². The summed E-state index contributed by atoms with van der Waals surface area (Å²) in [7, 11) is 0. The Bertz CT molecular complexity index is 1470.